The molecule has 0 unspecified atom stereocenters. The number of hydrogen-bond donors (Lipinski definition) is 3. The van der Waals surface area contributed by atoms with Crippen molar-refractivity contribution in [2.45, 2.75) is 50.8 Å². The lowest BCUT2D eigenvalue weighted by Crippen LogP contribution is -2.53. The van der Waals surface area contributed by atoms with Gasteiger partial charge in [0.05, 0.1) is 0 Å². The number of hydrogen-bond acceptors (Lipinski definition) is 4. The Hall–Kier alpha value is -2.49. The number of urea groups is 1. The Morgan fingerprint density at radius 2 is 2.00 bits per heavy atom. The van der Waals surface area contributed by atoms with Crippen LogP contribution in [0.5, 0.6) is 5.75 Å². The molecule has 3 fully saturated rings. The fraction of sp³-hybridized carbons (Fsp3) is 0.526. The van der Waals surface area contributed by atoms with Crippen LogP contribution in [0, 0.1) is 11.8 Å². The highest BCUT2D eigenvalue weighted by molar-refractivity contribution is 7.80. The predicted molar refractivity (Wildman–Crippen MR) is 104 cm³/mol. The molecule has 1 aromatic rings. The van der Waals surface area contributed by atoms with Crippen molar-refractivity contribution in [3.63, 3.8) is 0 Å². The Labute approximate surface area is 172 Å². The number of benzene rings is 1. The highest BCUT2D eigenvalue weighted by Gasteiger charge is 2.50. The summed E-state index contributed by atoms with van der Waals surface area (Å²) in [6.45, 7) is -1.39. The summed E-state index contributed by atoms with van der Waals surface area (Å²) in [6.07, 6.45) is 4.69. The zero-order valence-electron chi connectivity index (χ0n) is 15.8. The largest absolute Gasteiger partial charge is 0.435 e. The molecule has 1 aliphatic heterocycles. The lowest BCUT2D eigenvalue weighted by Gasteiger charge is -2.26. The highest BCUT2D eigenvalue weighted by Crippen LogP contribution is 2.44. The minimum atomic E-state index is -2.94. The van der Waals surface area contributed by atoms with Crippen molar-refractivity contribution in [1.29, 1.82) is 0 Å². The number of carbonyl (C=O) groups is 2. The summed E-state index contributed by atoms with van der Waals surface area (Å²) in [6, 6.07) is 5.20. The van der Waals surface area contributed by atoms with Crippen LogP contribution in [0.1, 0.15) is 38.2 Å². The van der Waals surface area contributed by atoms with E-state index in [2.05, 4.69) is 20.8 Å². The van der Waals surface area contributed by atoms with Crippen LogP contribution in [0.2, 0.25) is 0 Å². The molecule has 2 bridgehead atoms. The molecular formula is C19H22F2N4O3S. The maximum Gasteiger partial charge on any atom is 0.387 e. The van der Waals surface area contributed by atoms with Gasteiger partial charge < -0.3 is 15.4 Å². The van der Waals surface area contributed by atoms with Gasteiger partial charge in [-0.1, -0.05) is 18.6 Å². The Morgan fingerprint density at radius 3 is 2.59 bits per heavy atom. The van der Waals surface area contributed by atoms with Gasteiger partial charge in [0.2, 0.25) is 0 Å². The molecule has 3 aliphatic rings. The highest BCUT2D eigenvalue weighted by atomic mass is 32.1. The van der Waals surface area contributed by atoms with Gasteiger partial charge in [0.1, 0.15) is 11.3 Å². The van der Waals surface area contributed by atoms with Crippen LogP contribution >= 0.6 is 12.2 Å². The molecule has 2 aliphatic carbocycles. The Morgan fingerprint density at radius 1 is 1.28 bits per heavy atom. The van der Waals surface area contributed by atoms with Crippen molar-refractivity contribution in [3.05, 3.63) is 29.8 Å². The number of fused-ring (bicyclic) bond motifs is 2. The molecule has 10 heteroatoms. The van der Waals surface area contributed by atoms with Gasteiger partial charge in [-0.2, -0.15) is 13.8 Å². The molecule has 4 atom stereocenters. The minimum Gasteiger partial charge on any atom is -0.435 e. The zero-order valence-corrected chi connectivity index (χ0v) is 16.6. The van der Waals surface area contributed by atoms with Crippen molar-refractivity contribution < 1.29 is 23.1 Å². The molecule has 4 rings (SSSR count). The molecule has 0 spiro atoms. The van der Waals surface area contributed by atoms with Gasteiger partial charge in [-0.15, -0.1) is 0 Å². The molecule has 1 saturated heterocycles. The molecule has 1 aromatic carbocycles. The van der Waals surface area contributed by atoms with Gasteiger partial charge >= 0.3 is 12.6 Å². The first-order valence-corrected chi connectivity index (χ1v) is 9.96. The second-order valence-electron chi connectivity index (χ2n) is 7.97. The van der Waals surface area contributed by atoms with E-state index in [9.17, 15) is 18.4 Å². The Bertz CT molecular complexity index is 837. The lowest BCUT2D eigenvalue weighted by molar-refractivity contribution is -0.132. The molecule has 3 amide bonds. The number of imide groups is 1. The quantitative estimate of drug-likeness (QED) is 0.498. The third-order valence-electron chi connectivity index (χ3n) is 6.12. The second kappa shape index (κ2) is 7.40. The summed E-state index contributed by atoms with van der Waals surface area (Å²) in [5.74, 6) is 0.747. The van der Waals surface area contributed by atoms with Gasteiger partial charge in [0.15, 0.2) is 5.11 Å². The second-order valence-corrected chi connectivity index (χ2v) is 8.37. The van der Waals surface area contributed by atoms with E-state index in [0.29, 0.717) is 11.5 Å². The first-order chi connectivity index (χ1) is 13.8. The number of hydrazine groups is 1. The molecule has 0 radical (unpaired) electrons. The van der Waals surface area contributed by atoms with E-state index in [4.69, 9.17) is 12.2 Å². The topological polar surface area (TPSA) is 82.7 Å². The molecule has 156 valence electrons. The summed E-state index contributed by atoms with van der Waals surface area (Å²) >= 11 is 5.31. The number of thiocarbonyl (C=S) groups is 1. The molecule has 1 heterocycles. The predicted octanol–water partition coefficient (Wildman–Crippen LogP) is 2.62. The van der Waals surface area contributed by atoms with E-state index in [0.717, 1.165) is 17.3 Å². The van der Waals surface area contributed by atoms with Crippen molar-refractivity contribution in [3.8, 4) is 5.75 Å². The van der Waals surface area contributed by atoms with Crippen molar-refractivity contribution in [2.75, 3.05) is 0 Å². The van der Waals surface area contributed by atoms with E-state index in [1.165, 1.54) is 43.5 Å². The van der Waals surface area contributed by atoms with Crippen molar-refractivity contribution in [1.82, 2.24) is 21.1 Å². The normalized spacial score (nSPS) is 30.6. The van der Waals surface area contributed by atoms with E-state index >= 15 is 0 Å². The average molecular weight is 424 g/mol. The minimum absolute atomic E-state index is 0.0321. The molecule has 7 nitrogen and oxygen atoms in total. The molecule has 29 heavy (non-hydrogen) atoms. The number of halogens is 2. The van der Waals surface area contributed by atoms with Gasteiger partial charge in [0, 0.05) is 6.04 Å². The number of rotatable bonds is 5. The van der Waals surface area contributed by atoms with Crippen LogP contribution in [0.3, 0.4) is 0 Å². The van der Waals surface area contributed by atoms with Crippen LogP contribution in [0.25, 0.3) is 0 Å². The number of alkyl halides is 2. The zero-order chi connectivity index (χ0) is 20.8. The van der Waals surface area contributed by atoms with Crippen LogP contribution in [-0.4, -0.2) is 34.7 Å². The fourth-order valence-corrected chi connectivity index (χ4v) is 4.87. The average Bonchev–Trinajstić information content (AvgIpc) is 3.33. The maximum atomic E-state index is 12.9. The monoisotopic (exact) mass is 424 g/mol. The maximum absolute atomic E-state index is 12.9. The lowest BCUT2D eigenvalue weighted by atomic mass is 9.92. The summed E-state index contributed by atoms with van der Waals surface area (Å²) in [5.41, 5.74) is 1.78. The van der Waals surface area contributed by atoms with Crippen molar-refractivity contribution in [2.24, 2.45) is 11.8 Å². The van der Waals surface area contributed by atoms with Crippen LogP contribution in [0.4, 0.5) is 13.6 Å². The van der Waals surface area contributed by atoms with Gasteiger partial charge in [-0.05, 0) is 67.9 Å². The summed E-state index contributed by atoms with van der Waals surface area (Å²) < 4.78 is 28.9. The first kappa shape index (κ1) is 19.8. The Balaban J connectivity index is 1.41. The molecule has 2 saturated carbocycles. The van der Waals surface area contributed by atoms with E-state index in [1.54, 1.807) is 6.92 Å². The fourth-order valence-electron chi connectivity index (χ4n) is 4.63. The van der Waals surface area contributed by atoms with Crippen LogP contribution in [-0.2, 0) is 10.3 Å². The van der Waals surface area contributed by atoms with Crippen molar-refractivity contribution >= 4 is 29.3 Å². The molecule has 3 N–H and O–H groups in total. The number of nitrogens with zero attached hydrogens (tertiary/aromatic N) is 1. The summed E-state index contributed by atoms with van der Waals surface area (Å²) in [5, 5.41) is 6.95. The van der Waals surface area contributed by atoms with Gasteiger partial charge in [-0.25, -0.2) is 4.79 Å². The van der Waals surface area contributed by atoms with Crippen LogP contribution in [0.15, 0.2) is 24.3 Å². The number of amides is 3. The number of nitrogens with one attached hydrogen (secondary N) is 3. The van der Waals surface area contributed by atoms with Gasteiger partial charge in [-0.3, -0.25) is 10.2 Å². The van der Waals surface area contributed by atoms with Crippen LogP contribution < -0.4 is 20.8 Å². The SMILES string of the molecule is C[C@]1(c2ccc(OC(F)F)cc2)NC(=O)N(NC(=S)N[C@H]2C[C@H]3CC[C@H]2C3)C1=O. The third-order valence-corrected chi connectivity index (χ3v) is 6.32. The summed E-state index contributed by atoms with van der Waals surface area (Å²) in [7, 11) is 0. The van der Waals surface area contributed by atoms with E-state index < -0.39 is 24.1 Å². The van der Waals surface area contributed by atoms with E-state index in [-0.39, 0.29) is 16.9 Å². The first-order valence-electron chi connectivity index (χ1n) is 9.55. The van der Waals surface area contributed by atoms with E-state index in [1.807, 2.05) is 0 Å². The Kier molecular flexibility index (Phi) is 5.05. The van der Waals surface area contributed by atoms with Gasteiger partial charge in [0.25, 0.3) is 5.91 Å². The standard InChI is InChI=1S/C19H22F2N4O3S/c1-19(12-4-6-13(7-5-12)28-16(20)21)15(26)25(18(27)23-19)24-17(29)22-14-9-10-2-3-11(14)8-10/h4-7,10-11,14,16H,2-3,8-9H2,1H3,(H,23,27)(H2,22,24,29)/t10-,11-,14-,19+/m0/s1. The summed E-state index contributed by atoms with van der Waals surface area (Å²) in [4.78, 5) is 25.3. The number of ether oxygens (including phenoxy) is 1. The third kappa shape index (κ3) is 3.73. The molecule has 0 aromatic heterocycles. The molecular weight excluding hydrogens is 402 g/mol. The smallest absolute Gasteiger partial charge is 0.387 e. The number of carbonyl (C=O) groups excluding carboxylic acids is 2.